The number of alkyl halides is 3. The minimum atomic E-state index is -4.82. The largest absolute Gasteiger partial charge is 0.415 e. The molecule has 0 radical (unpaired) electrons. The summed E-state index contributed by atoms with van der Waals surface area (Å²) in [7, 11) is 0. The van der Waals surface area contributed by atoms with Crippen LogP contribution in [-0.2, 0) is 11.2 Å². The van der Waals surface area contributed by atoms with Gasteiger partial charge in [0, 0.05) is 0 Å². The fraction of sp³-hybridized carbons (Fsp3) is 0.625. The van der Waals surface area contributed by atoms with Crippen molar-refractivity contribution >= 4 is 22.4 Å². The van der Waals surface area contributed by atoms with Gasteiger partial charge in [-0.2, -0.15) is 13.2 Å². The van der Waals surface area contributed by atoms with Crippen LogP contribution in [-0.4, -0.2) is 27.8 Å². The number of nitrogens with one attached hydrogen (secondary N) is 1. The first-order chi connectivity index (χ1) is 7.68. The standard InChI is InChI=1S/C8H11F3N4OS/c1-3-4-14-15-6(17-4)13-5(16)7(2,12)8(9,10)11/h3,12H2,1-2H3,(H,13,15,16). The quantitative estimate of drug-likeness (QED) is 0.866. The second-order valence-corrected chi connectivity index (χ2v) is 4.57. The van der Waals surface area contributed by atoms with E-state index in [0.29, 0.717) is 18.4 Å². The molecule has 96 valence electrons. The summed E-state index contributed by atoms with van der Waals surface area (Å²) in [5.41, 5.74) is 1.99. The van der Waals surface area contributed by atoms with E-state index in [1.54, 1.807) is 0 Å². The maximum absolute atomic E-state index is 12.4. The lowest BCUT2D eigenvalue weighted by atomic mass is 10.0. The predicted octanol–water partition coefficient (Wildman–Crippen LogP) is 1.32. The van der Waals surface area contributed by atoms with Gasteiger partial charge in [0.15, 0.2) is 5.54 Å². The molecule has 0 aliphatic rings. The zero-order valence-electron chi connectivity index (χ0n) is 9.13. The van der Waals surface area contributed by atoms with Gasteiger partial charge in [-0.15, -0.1) is 10.2 Å². The fourth-order valence-corrected chi connectivity index (χ4v) is 1.48. The van der Waals surface area contributed by atoms with E-state index in [4.69, 9.17) is 5.73 Å². The Kier molecular flexibility index (Phi) is 3.72. The Labute approximate surface area is 99.2 Å². The second-order valence-electron chi connectivity index (χ2n) is 3.51. The molecule has 0 aromatic carbocycles. The molecule has 1 unspecified atom stereocenters. The molecule has 5 nitrogen and oxygen atoms in total. The van der Waals surface area contributed by atoms with Gasteiger partial charge in [0.05, 0.1) is 0 Å². The molecule has 1 heterocycles. The molecule has 1 aromatic heterocycles. The maximum atomic E-state index is 12.4. The number of aromatic nitrogens is 2. The number of carbonyl (C=O) groups excluding carboxylic acids is 1. The molecule has 0 bridgehead atoms. The molecule has 1 amide bonds. The van der Waals surface area contributed by atoms with Crippen LogP contribution in [0.4, 0.5) is 18.3 Å². The van der Waals surface area contributed by atoms with Crippen molar-refractivity contribution in [1.29, 1.82) is 0 Å². The average molecular weight is 268 g/mol. The first kappa shape index (κ1) is 13.8. The summed E-state index contributed by atoms with van der Waals surface area (Å²) in [5, 5.41) is 9.83. The van der Waals surface area contributed by atoms with Crippen molar-refractivity contribution in [2.45, 2.75) is 32.0 Å². The molecule has 0 fully saturated rings. The van der Waals surface area contributed by atoms with E-state index in [9.17, 15) is 18.0 Å². The highest BCUT2D eigenvalue weighted by Gasteiger charge is 2.54. The van der Waals surface area contributed by atoms with E-state index in [1.165, 1.54) is 0 Å². The molecule has 0 aliphatic carbocycles. The van der Waals surface area contributed by atoms with Crippen LogP contribution in [0.15, 0.2) is 0 Å². The SMILES string of the molecule is CCc1nnc(NC(=O)C(C)(N)C(F)(F)F)s1. The maximum Gasteiger partial charge on any atom is 0.415 e. The van der Waals surface area contributed by atoms with Crippen LogP contribution in [0.1, 0.15) is 18.9 Å². The zero-order valence-corrected chi connectivity index (χ0v) is 9.95. The number of rotatable bonds is 3. The molecular formula is C8H11F3N4OS. The number of amides is 1. The molecule has 1 aromatic rings. The third kappa shape index (κ3) is 2.91. The smallest absolute Gasteiger partial charge is 0.310 e. The van der Waals surface area contributed by atoms with Gasteiger partial charge < -0.3 is 5.73 Å². The Morgan fingerprint density at radius 1 is 1.47 bits per heavy atom. The number of anilines is 1. The molecule has 0 saturated carbocycles. The predicted molar refractivity (Wildman–Crippen MR) is 56.6 cm³/mol. The molecule has 17 heavy (non-hydrogen) atoms. The Morgan fingerprint density at radius 3 is 2.47 bits per heavy atom. The van der Waals surface area contributed by atoms with E-state index in [-0.39, 0.29) is 5.13 Å². The summed E-state index contributed by atoms with van der Waals surface area (Å²) in [6.45, 7) is 2.42. The first-order valence-electron chi connectivity index (χ1n) is 4.68. The van der Waals surface area contributed by atoms with Crippen LogP contribution in [0.3, 0.4) is 0 Å². The van der Waals surface area contributed by atoms with E-state index in [1.807, 2.05) is 12.2 Å². The average Bonchev–Trinajstić information content (AvgIpc) is 2.63. The monoisotopic (exact) mass is 268 g/mol. The van der Waals surface area contributed by atoms with Gasteiger partial charge in [-0.3, -0.25) is 10.1 Å². The van der Waals surface area contributed by atoms with Gasteiger partial charge in [-0.1, -0.05) is 18.3 Å². The minimum absolute atomic E-state index is 0.00720. The van der Waals surface area contributed by atoms with E-state index >= 15 is 0 Å². The van der Waals surface area contributed by atoms with E-state index in [2.05, 4.69) is 10.2 Å². The summed E-state index contributed by atoms with van der Waals surface area (Å²) >= 11 is 1.01. The van der Waals surface area contributed by atoms with Gasteiger partial charge in [0.1, 0.15) is 5.01 Å². The third-order valence-corrected chi connectivity index (χ3v) is 3.03. The van der Waals surface area contributed by atoms with Gasteiger partial charge in [0.25, 0.3) is 5.91 Å². The van der Waals surface area contributed by atoms with Crippen molar-refractivity contribution < 1.29 is 18.0 Å². The normalized spacial score (nSPS) is 15.4. The number of hydrogen-bond donors (Lipinski definition) is 2. The molecule has 0 saturated heterocycles. The fourth-order valence-electron chi connectivity index (χ4n) is 0.803. The number of halogens is 3. The summed E-state index contributed by atoms with van der Waals surface area (Å²) < 4.78 is 37.3. The molecule has 0 spiro atoms. The number of aryl methyl sites for hydroxylation is 1. The Hall–Kier alpha value is -1.22. The van der Waals surface area contributed by atoms with Crippen LogP contribution in [0.2, 0.25) is 0 Å². The van der Waals surface area contributed by atoms with Crippen molar-refractivity contribution in [2.75, 3.05) is 5.32 Å². The van der Waals surface area contributed by atoms with Gasteiger partial charge in [0.2, 0.25) is 5.13 Å². The zero-order chi connectivity index (χ0) is 13.3. The summed E-state index contributed by atoms with van der Waals surface area (Å²) in [6, 6.07) is 0. The van der Waals surface area contributed by atoms with Gasteiger partial charge >= 0.3 is 6.18 Å². The number of carbonyl (C=O) groups is 1. The summed E-state index contributed by atoms with van der Waals surface area (Å²) in [5.74, 6) is -1.36. The number of nitrogens with zero attached hydrogens (tertiary/aromatic N) is 2. The van der Waals surface area contributed by atoms with E-state index in [0.717, 1.165) is 11.3 Å². The Bertz CT molecular complexity index is 415. The molecule has 9 heteroatoms. The van der Waals surface area contributed by atoms with Crippen molar-refractivity contribution in [1.82, 2.24) is 10.2 Å². The highest BCUT2D eigenvalue weighted by atomic mass is 32.1. The van der Waals surface area contributed by atoms with Crippen LogP contribution < -0.4 is 11.1 Å². The lowest BCUT2D eigenvalue weighted by molar-refractivity contribution is -0.184. The minimum Gasteiger partial charge on any atom is -0.310 e. The number of hydrogen-bond acceptors (Lipinski definition) is 5. The third-order valence-electron chi connectivity index (χ3n) is 2.05. The van der Waals surface area contributed by atoms with Gasteiger partial charge in [-0.25, -0.2) is 0 Å². The van der Waals surface area contributed by atoms with Crippen molar-refractivity contribution in [3.8, 4) is 0 Å². The Balaban J connectivity index is 2.79. The van der Waals surface area contributed by atoms with Crippen LogP contribution in [0.25, 0.3) is 0 Å². The Morgan fingerprint density at radius 2 is 2.06 bits per heavy atom. The topological polar surface area (TPSA) is 80.9 Å². The molecular weight excluding hydrogens is 257 g/mol. The lowest BCUT2D eigenvalue weighted by Crippen LogP contribution is -2.59. The summed E-state index contributed by atoms with van der Waals surface area (Å²) in [6.07, 6.45) is -4.23. The van der Waals surface area contributed by atoms with Crippen LogP contribution >= 0.6 is 11.3 Å². The van der Waals surface area contributed by atoms with Crippen molar-refractivity contribution in [3.05, 3.63) is 5.01 Å². The van der Waals surface area contributed by atoms with Crippen molar-refractivity contribution in [3.63, 3.8) is 0 Å². The lowest BCUT2D eigenvalue weighted by Gasteiger charge is -2.25. The molecule has 3 N–H and O–H groups in total. The molecule has 1 rings (SSSR count). The molecule has 0 aliphatic heterocycles. The first-order valence-corrected chi connectivity index (χ1v) is 5.49. The second kappa shape index (κ2) is 4.57. The highest BCUT2D eigenvalue weighted by Crippen LogP contribution is 2.29. The van der Waals surface area contributed by atoms with Crippen molar-refractivity contribution in [2.24, 2.45) is 5.73 Å². The summed E-state index contributed by atoms with van der Waals surface area (Å²) in [4.78, 5) is 11.4. The molecule has 1 atom stereocenters. The number of nitrogens with two attached hydrogens (primary N) is 1. The van der Waals surface area contributed by atoms with Gasteiger partial charge in [-0.05, 0) is 13.3 Å². The van der Waals surface area contributed by atoms with E-state index < -0.39 is 17.6 Å². The van der Waals surface area contributed by atoms with Crippen LogP contribution in [0.5, 0.6) is 0 Å². The highest BCUT2D eigenvalue weighted by molar-refractivity contribution is 7.15. The van der Waals surface area contributed by atoms with Crippen LogP contribution in [0, 0.1) is 0 Å².